The number of hydrogen-bond acceptors (Lipinski definition) is 7. The van der Waals surface area contributed by atoms with Gasteiger partial charge in [0, 0.05) is 16.8 Å². The fraction of sp³-hybridized carbons (Fsp3) is 0.0870. The summed E-state index contributed by atoms with van der Waals surface area (Å²) in [6, 6.07) is 21.6. The van der Waals surface area contributed by atoms with Crippen LogP contribution in [0, 0.1) is 0 Å². The molecule has 1 aliphatic rings. The van der Waals surface area contributed by atoms with E-state index in [4.69, 9.17) is 9.47 Å². The number of carbonyl (C=O) groups excluding carboxylic acids is 1. The van der Waals surface area contributed by atoms with Gasteiger partial charge < -0.3 is 14.6 Å². The lowest BCUT2D eigenvalue weighted by atomic mass is 10.1. The van der Waals surface area contributed by atoms with Gasteiger partial charge in [-0.05, 0) is 54.6 Å². The van der Waals surface area contributed by atoms with E-state index in [-0.39, 0.29) is 24.1 Å². The van der Waals surface area contributed by atoms with Crippen molar-refractivity contribution in [2.45, 2.75) is 5.16 Å². The Morgan fingerprint density at radius 2 is 1.74 bits per heavy atom. The van der Waals surface area contributed by atoms with Gasteiger partial charge in [-0.1, -0.05) is 30.0 Å². The molecule has 0 bridgehead atoms. The predicted octanol–water partition coefficient (Wildman–Crippen LogP) is 4.34. The highest BCUT2D eigenvalue weighted by molar-refractivity contribution is 7.99. The molecule has 1 aromatic heterocycles. The van der Waals surface area contributed by atoms with Crippen molar-refractivity contribution in [2.75, 3.05) is 12.5 Å². The lowest BCUT2D eigenvalue weighted by molar-refractivity contribution is 0.102. The highest BCUT2D eigenvalue weighted by atomic mass is 32.2. The number of aromatic nitrogens is 3. The predicted molar refractivity (Wildman–Crippen MR) is 116 cm³/mol. The van der Waals surface area contributed by atoms with E-state index in [9.17, 15) is 9.90 Å². The van der Waals surface area contributed by atoms with Gasteiger partial charge in [0.15, 0.2) is 28.3 Å². The van der Waals surface area contributed by atoms with Gasteiger partial charge in [-0.15, -0.1) is 10.2 Å². The number of hydrogen-bond donors (Lipinski definition) is 1. The summed E-state index contributed by atoms with van der Waals surface area (Å²) in [5.41, 5.74) is 2.25. The number of ether oxygens (including phenoxy) is 2. The summed E-state index contributed by atoms with van der Waals surface area (Å²) in [7, 11) is 0. The Morgan fingerprint density at radius 3 is 2.55 bits per heavy atom. The van der Waals surface area contributed by atoms with Crippen LogP contribution in [0.2, 0.25) is 0 Å². The lowest BCUT2D eigenvalue weighted by Gasteiger charge is -2.10. The quantitative estimate of drug-likeness (QED) is 0.359. The van der Waals surface area contributed by atoms with Crippen LogP contribution in [0.4, 0.5) is 0 Å². The van der Waals surface area contributed by atoms with E-state index >= 15 is 0 Å². The number of rotatable bonds is 6. The normalized spacial score (nSPS) is 12.1. The number of thioether (sulfide) groups is 1. The van der Waals surface area contributed by atoms with Crippen molar-refractivity contribution in [2.24, 2.45) is 0 Å². The number of nitrogens with zero attached hydrogens (tertiary/aromatic N) is 3. The molecule has 4 aromatic rings. The SMILES string of the molecule is O=C(CSc1nnc(-c2ccc3c(c2)OCO3)n1-c1ccccc1)c1ccc(O)cc1. The first-order valence-corrected chi connectivity index (χ1v) is 10.5. The summed E-state index contributed by atoms with van der Waals surface area (Å²) >= 11 is 1.31. The van der Waals surface area contributed by atoms with Gasteiger partial charge in [0.1, 0.15) is 5.75 Å². The first-order chi connectivity index (χ1) is 15.2. The van der Waals surface area contributed by atoms with Crippen LogP contribution in [-0.2, 0) is 0 Å². The Kier molecular flexibility index (Phi) is 5.05. The molecule has 3 aromatic carbocycles. The molecule has 0 fully saturated rings. The minimum Gasteiger partial charge on any atom is -0.508 e. The zero-order valence-corrected chi connectivity index (χ0v) is 17.1. The van der Waals surface area contributed by atoms with Gasteiger partial charge in [0.2, 0.25) is 6.79 Å². The van der Waals surface area contributed by atoms with E-state index in [0.29, 0.717) is 28.0 Å². The summed E-state index contributed by atoms with van der Waals surface area (Å²) in [6.07, 6.45) is 0. The Bertz CT molecular complexity index is 1240. The Labute approximate surface area is 182 Å². The first kappa shape index (κ1) is 19.2. The minimum absolute atomic E-state index is 0.0581. The van der Waals surface area contributed by atoms with Crippen LogP contribution in [0.15, 0.2) is 78.0 Å². The molecule has 0 radical (unpaired) electrons. The number of ketones is 1. The fourth-order valence-electron chi connectivity index (χ4n) is 3.26. The van der Waals surface area contributed by atoms with Crippen molar-refractivity contribution in [3.8, 4) is 34.3 Å². The maximum atomic E-state index is 12.6. The third-order valence-electron chi connectivity index (χ3n) is 4.80. The number of aromatic hydroxyl groups is 1. The van der Waals surface area contributed by atoms with E-state index in [1.54, 1.807) is 12.1 Å². The van der Waals surface area contributed by atoms with Crippen molar-refractivity contribution in [3.63, 3.8) is 0 Å². The highest BCUT2D eigenvalue weighted by Gasteiger charge is 2.20. The van der Waals surface area contributed by atoms with Crippen molar-refractivity contribution < 1.29 is 19.4 Å². The fourth-order valence-corrected chi connectivity index (χ4v) is 4.10. The summed E-state index contributed by atoms with van der Waals surface area (Å²) in [4.78, 5) is 12.6. The summed E-state index contributed by atoms with van der Waals surface area (Å²) in [5, 5.41) is 18.8. The Hall–Kier alpha value is -3.78. The zero-order valence-electron chi connectivity index (χ0n) is 16.3. The van der Waals surface area contributed by atoms with Gasteiger partial charge in [-0.25, -0.2) is 0 Å². The van der Waals surface area contributed by atoms with Crippen LogP contribution in [0.3, 0.4) is 0 Å². The van der Waals surface area contributed by atoms with Gasteiger partial charge in [0.05, 0.1) is 5.75 Å². The molecule has 7 nitrogen and oxygen atoms in total. The highest BCUT2D eigenvalue weighted by Crippen LogP contribution is 2.37. The molecular weight excluding hydrogens is 414 g/mol. The monoisotopic (exact) mass is 431 g/mol. The molecule has 0 saturated carbocycles. The summed E-state index contributed by atoms with van der Waals surface area (Å²) in [6.45, 7) is 0.199. The molecule has 1 N–H and O–H groups in total. The van der Waals surface area contributed by atoms with Crippen molar-refractivity contribution in [1.29, 1.82) is 0 Å². The molecule has 1 aliphatic heterocycles. The average molecular weight is 431 g/mol. The molecule has 0 aliphatic carbocycles. The molecule has 8 heteroatoms. The van der Waals surface area contributed by atoms with Gasteiger partial charge in [0.25, 0.3) is 0 Å². The van der Waals surface area contributed by atoms with Crippen LogP contribution < -0.4 is 9.47 Å². The molecule has 31 heavy (non-hydrogen) atoms. The van der Waals surface area contributed by atoms with Crippen molar-refractivity contribution in [3.05, 3.63) is 78.4 Å². The number of Topliss-reactive ketones (excluding diaryl/α,β-unsaturated/α-hetero) is 1. The maximum Gasteiger partial charge on any atom is 0.231 e. The van der Waals surface area contributed by atoms with Crippen LogP contribution in [-0.4, -0.2) is 38.2 Å². The molecular formula is C23H17N3O4S. The van der Waals surface area contributed by atoms with Gasteiger partial charge in [-0.2, -0.15) is 0 Å². The molecule has 154 valence electrons. The second-order valence-corrected chi connectivity index (χ2v) is 7.75. The molecule has 0 unspecified atom stereocenters. The number of fused-ring (bicyclic) bond motifs is 1. The van der Waals surface area contributed by atoms with Gasteiger partial charge in [-0.3, -0.25) is 9.36 Å². The topological polar surface area (TPSA) is 86.5 Å². The molecule has 0 spiro atoms. The smallest absolute Gasteiger partial charge is 0.231 e. The average Bonchev–Trinajstić information content (AvgIpc) is 3.45. The van der Waals surface area contributed by atoms with E-state index in [1.165, 1.54) is 23.9 Å². The molecule has 2 heterocycles. The molecule has 0 saturated heterocycles. The van der Waals surface area contributed by atoms with E-state index in [0.717, 1.165) is 11.3 Å². The second kappa shape index (κ2) is 8.16. The third-order valence-corrected chi connectivity index (χ3v) is 5.73. The Morgan fingerprint density at radius 1 is 0.968 bits per heavy atom. The maximum absolute atomic E-state index is 12.6. The number of benzene rings is 3. The molecule has 0 amide bonds. The molecule has 5 rings (SSSR count). The summed E-state index contributed by atoms with van der Waals surface area (Å²) in [5.74, 6) is 2.26. The number of para-hydroxylation sites is 1. The minimum atomic E-state index is -0.0581. The summed E-state index contributed by atoms with van der Waals surface area (Å²) < 4.78 is 12.8. The second-order valence-electron chi connectivity index (χ2n) is 6.80. The van der Waals surface area contributed by atoms with Crippen LogP contribution in [0.5, 0.6) is 17.2 Å². The first-order valence-electron chi connectivity index (χ1n) is 9.55. The number of phenols is 1. The third kappa shape index (κ3) is 3.85. The van der Waals surface area contributed by atoms with E-state index in [2.05, 4.69) is 10.2 Å². The van der Waals surface area contributed by atoms with Gasteiger partial charge >= 0.3 is 0 Å². The lowest BCUT2D eigenvalue weighted by Crippen LogP contribution is -2.05. The van der Waals surface area contributed by atoms with Crippen molar-refractivity contribution >= 4 is 17.5 Å². The van der Waals surface area contributed by atoms with Crippen LogP contribution in [0.25, 0.3) is 17.1 Å². The number of phenolic OH excluding ortho intramolecular Hbond substituents is 1. The van der Waals surface area contributed by atoms with Crippen LogP contribution >= 0.6 is 11.8 Å². The van der Waals surface area contributed by atoms with E-state index in [1.807, 2.05) is 53.1 Å². The van der Waals surface area contributed by atoms with E-state index < -0.39 is 0 Å². The Balaban J connectivity index is 1.48. The van der Waals surface area contributed by atoms with Crippen LogP contribution in [0.1, 0.15) is 10.4 Å². The number of carbonyl (C=O) groups is 1. The largest absolute Gasteiger partial charge is 0.508 e. The zero-order chi connectivity index (χ0) is 21.2. The standard InChI is InChI=1S/C23H17N3O4S/c27-18-9-6-15(7-10-18)19(28)13-31-23-25-24-22(26(23)17-4-2-1-3-5-17)16-8-11-20-21(12-16)30-14-29-20/h1-12,27H,13-14H2. The van der Waals surface area contributed by atoms with Crippen molar-refractivity contribution in [1.82, 2.24) is 14.8 Å². The molecule has 0 atom stereocenters.